The molecule has 0 saturated carbocycles. The topological polar surface area (TPSA) is 108 Å². The number of nitrogens with two attached hydrogens (primary N) is 1. The number of hydrogen-bond acceptors (Lipinski definition) is 4. The van der Waals surface area contributed by atoms with E-state index in [-0.39, 0.29) is 35.3 Å². The van der Waals surface area contributed by atoms with Gasteiger partial charge in [0.25, 0.3) is 0 Å². The van der Waals surface area contributed by atoms with Crippen LogP contribution in [0.3, 0.4) is 0 Å². The fraction of sp³-hybridized carbons (Fsp3) is 0. The minimum atomic E-state index is -4.82. The molecule has 2 aromatic rings. The SMILES string of the molecule is Nc1ccc(N=Nc2ccc([As](=O)(O)O)cc2)cc1.[H-].[Na+]. The average Bonchev–Trinajstić information content (AvgIpc) is 2.37. The standard InChI is InChI=1S/C12H12AsN3O3.Na.H/c14-10-3-7-12(8-4-10)16-15-11-5-1-9(2-6-11)13(17,18)19;;/h1-8H,14H2,(H2,17,18,19);;/q;+1;-1. The maximum Gasteiger partial charge on any atom is 1.00 e. The molecule has 4 N–H and O–H groups in total. The first-order valence-corrected chi connectivity index (χ1v) is 8.77. The van der Waals surface area contributed by atoms with Crippen LogP contribution >= 0.6 is 0 Å². The molecule has 0 aliphatic carbocycles. The van der Waals surface area contributed by atoms with E-state index in [4.69, 9.17) is 13.9 Å². The number of benzene rings is 2. The maximum absolute atomic E-state index is 11.0. The van der Waals surface area contributed by atoms with Gasteiger partial charge in [0.05, 0.1) is 0 Å². The zero-order valence-electron chi connectivity index (χ0n) is 11.8. The zero-order valence-corrected chi connectivity index (χ0v) is 14.7. The number of azo groups is 1. The largest absolute Gasteiger partial charge is 1.00 e. The van der Waals surface area contributed by atoms with Crippen LogP contribution in [0.1, 0.15) is 1.43 Å². The van der Waals surface area contributed by atoms with Gasteiger partial charge in [-0.2, -0.15) is 0 Å². The number of rotatable bonds is 3. The zero-order chi connectivity index (χ0) is 13.9. The summed E-state index contributed by atoms with van der Waals surface area (Å²) in [4.78, 5) is 0. The molecular formula is C12H13AsN3NaO3. The summed E-state index contributed by atoms with van der Waals surface area (Å²) in [6, 6.07) is 12.6. The predicted molar refractivity (Wildman–Crippen MR) is 73.1 cm³/mol. The Morgan fingerprint density at radius 3 is 1.70 bits per heavy atom. The molecule has 20 heavy (non-hydrogen) atoms. The minimum Gasteiger partial charge on any atom is -1.00 e. The van der Waals surface area contributed by atoms with E-state index >= 15 is 0 Å². The van der Waals surface area contributed by atoms with Crippen molar-refractivity contribution in [1.82, 2.24) is 0 Å². The van der Waals surface area contributed by atoms with Gasteiger partial charge in [-0.15, -0.1) is 0 Å². The molecule has 8 heteroatoms. The molecule has 0 aliphatic rings. The second-order valence-corrected chi connectivity index (χ2v) is 7.22. The van der Waals surface area contributed by atoms with E-state index in [2.05, 4.69) is 10.2 Å². The maximum atomic E-state index is 11.0. The van der Waals surface area contributed by atoms with Crippen LogP contribution in [0.15, 0.2) is 58.8 Å². The van der Waals surface area contributed by atoms with E-state index in [0.29, 0.717) is 17.1 Å². The molecule has 0 aromatic heterocycles. The quantitative estimate of drug-likeness (QED) is 0.352. The second kappa shape index (κ2) is 7.22. The van der Waals surface area contributed by atoms with E-state index in [9.17, 15) is 3.74 Å². The summed E-state index contributed by atoms with van der Waals surface area (Å²) in [6.07, 6.45) is 0. The van der Waals surface area contributed by atoms with Crippen molar-refractivity contribution < 1.29 is 42.9 Å². The molecule has 0 unspecified atom stereocenters. The van der Waals surface area contributed by atoms with E-state index < -0.39 is 14.2 Å². The van der Waals surface area contributed by atoms with Crippen LogP contribution in [0.4, 0.5) is 17.1 Å². The van der Waals surface area contributed by atoms with Gasteiger partial charge < -0.3 is 1.43 Å². The third-order valence-electron chi connectivity index (χ3n) is 2.36. The Bertz CT molecular complexity index is 644. The molecule has 2 rings (SSSR count). The fourth-order valence-electron chi connectivity index (χ4n) is 1.37. The summed E-state index contributed by atoms with van der Waals surface area (Å²) in [5.41, 5.74) is 7.36. The molecular weight excluding hydrogens is 332 g/mol. The average molecular weight is 345 g/mol. The van der Waals surface area contributed by atoms with Gasteiger partial charge in [0.2, 0.25) is 0 Å². The van der Waals surface area contributed by atoms with Crippen LogP contribution in [0.25, 0.3) is 0 Å². The Morgan fingerprint density at radius 2 is 1.30 bits per heavy atom. The third kappa shape index (κ3) is 4.90. The molecule has 0 bridgehead atoms. The minimum absolute atomic E-state index is 0. The van der Waals surface area contributed by atoms with Crippen molar-refractivity contribution >= 4 is 35.6 Å². The first kappa shape index (κ1) is 17.2. The van der Waals surface area contributed by atoms with Crippen LogP contribution in [0.2, 0.25) is 0 Å². The molecule has 0 spiro atoms. The van der Waals surface area contributed by atoms with Crippen LogP contribution in [0, 0.1) is 0 Å². The van der Waals surface area contributed by atoms with Gasteiger partial charge in [0.15, 0.2) is 0 Å². The van der Waals surface area contributed by atoms with Gasteiger partial charge >= 0.3 is 142 Å². The summed E-state index contributed by atoms with van der Waals surface area (Å²) < 4.78 is 29.1. The van der Waals surface area contributed by atoms with Gasteiger partial charge in [-0.25, -0.2) is 0 Å². The first-order chi connectivity index (χ1) is 8.95. The van der Waals surface area contributed by atoms with Crippen molar-refractivity contribution in [2.24, 2.45) is 10.2 Å². The Balaban J connectivity index is 0.00000200. The molecule has 0 radical (unpaired) electrons. The molecule has 0 aliphatic heterocycles. The number of nitrogens with zero attached hydrogens (tertiary/aromatic N) is 2. The molecule has 0 fully saturated rings. The summed E-state index contributed by atoms with van der Waals surface area (Å²) in [7, 11) is 0. The number of hydrogen-bond donors (Lipinski definition) is 3. The van der Waals surface area contributed by atoms with E-state index in [1.807, 2.05) is 0 Å². The van der Waals surface area contributed by atoms with E-state index in [1.165, 1.54) is 24.3 Å². The van der Waals surface area contributed by atoms with Gasteiger partial charge in [-0.1, -0.05) is 0 Å². The molecule has 6 nitrogen and oxygen atoms in total. The summed E-state index contributed by atoms with van der Waals surface area (Å²) in [6.45, 7) is 0. The van der Waals surface area contributed by atoms with Crippen molar-refractivity contribution in [3.8, 4) is 0 Å². The van der Waals surface area contributed by atoms with E-state index in [0.717, 1.165) is 0 Å². The Labute approximate surface area is 142 Å². The smallest absolute Gasteiger partial charge is 1.00 e. The molecule has 0 amide bonds. The van der Waals surface area contributed by atoms with Gasteiger partial charge in [-0.05, 0) is 0 Å². The summed E-state index contributed by atoms with van der Waals surface area (Å²) >= 11 is -4.82. The van der Waals surface area contributed by atoms with Crippen LogP contribution in [-0.2, 0) is 3.74 Å². The normalized spacial score (nSPS) is 11.3. The van der Waals surface area contributed by atoms with E-state index in [1.54, 1.807) is 24.3 Å². The Morgan fingerprint density at radius 1 is 0.900 bits per heavy atom. The van der Waals surface area contributed by atoms with Crippen molar-refractivity contribution in [3.63, 3.8) is 0 Å². The molecule has 0 heterocycles. The van der Waals surface area contributed by atoms with Crippen molar-refractivity contribution in [2.75, 3.05) is 5.73 Å². The Kier molecular flexibility index (Phi) is 6.20. The van der Waals surface area contributed by atoms with Gasteiger partial charge in [0, 0.05) is 0 Å². The summed E-state index contributed by atoms with van der Waals surface area (Å²) in [5.74, 6) is 0. The molecule has 0 saturated heterocycles. The van der Waals surface area contributed by atoms with Gasteiger partial charge in [0.1, 0.15) is 0 Å². The molecule has 100 valence electrons. The third-order valence-corrected chi connectivity index (χ3v) is 4.40. The van der Waals surface area contributed by atoms with Crippen LogP contribution in [0.5, 0.6) is 0 Å². The van der Waals surface area contributed by atoms with Crippen LogP contribution in [-0.4, -0.2) is 22.4 Å². The molecule has 0 atom stereocenters. The van der Waals surface area contributed by atoms with Crippen LogP contribution < -0.4 is 39.6 Å². The second-order valence-electron chi connectivity index (χ2n) is 3.85. The van der Waals surface area contributed by atoms with Crippen molar-refractivity contribution in [3.05, 3.63) is 48.5 Å². The summed E-state index contributed by atoms with van der Waals surface area (Å²) in [5, 5.41) is 7.96. The first-order valence-electron chi connectivity index (χ1n) is 5.38. The molecule has 2 aromatic carbocycles. The van der Waals surface area contributed by atoms with Crippen molar-refractivity contribution in [2.45, 2.75) is 0 Å². The van der Waals surface area contributed by atoms with Gasteiger partial charge in [-0.3, -0.25) is 0 Å². The van der Waals surface area contributed by atoms with Crippen molar-refractivity contribution in [1.29, 1.82) is 0 Å². The number of anilines is 1. The Hall–Kier alpha value is -0.882. The predicted octanol–water partition coefficient (Wildman–Crippen LogP) is -1.64. The number of nitrogen functional groups attached to an aromatic ring is 1. The fourth-order valence-corrected chi connectivity index (χ4v) is 2.50. The monoisotopic (exact) mass is 345 g/mol.